The first kappa shape index (κ1) is 29.3. The van der Waals surface area contributed by atoms with Gasteiger partial charge in [-0.2, -0.15) is 4.31 Å². The predicted octanol–water partition coefficient (Wildman–Crippen LogP) is 5.11. The zero-order valence-electron chi connectivity index (χ0n) is 24.1. The van der Waals surface area contributed by atoms with Gasteiger partial charge < -0.3 is 23.4 Å². The molecule has 2 aliphatic heterocycles. The summed E-state index contributed by atoms with van der Waals surface area (Å²) < 4.78 is 58.0. The maximum Gasteiger partial charge on any atom is 0.309 e. The Hall–Kier alpha value is -3.18. The lowest BCUT2D eigenvalue weighted by molar-refractivity contribution is -0.163. The minimum Gasteiger partial charge on any atom is -0.488 e. The first-order chi connectivity index (χ1) is 19.6. The average molecular weight is 584 g/mol. The highest BCUT2D eigenvalue weighted by Gasteiger charge is 2.39. The van der Waals surface area contributed by atoms with Crippen LogP contribution in [0.15, 0.2) is 63.9 Å². The predicted molar refractivity (Wildman–Crippen MR) is 151 cm³/mol. The molecule has 1 saturated heterocycles. The highest BCUT2D eigenvalue weighted by molar-refractivity contribution is 7.89. The molecule has 0 aliphatic carbocycles. The van der Waals surface area contributed by atoms with Crippen LogP contribution in [-0.2, 0) is 41.4 Å². The van der Waals surface area contributed by atoms with Crippen molar-refractivity contribution < 1.29 is 36.6 Å². The number of ether oxygens (including phenoxy) is 4. The van der Waals surface area contributed by atoms with Gasteiger partial charge in [-0.05, 0) is 61.2 Å². The van der Waals surface area contributed by atoms with Gasteiger partial charge in [0.1, 0.15) is 22.5 Å². The van der Waals surface area contributed by atoms with Gasteiger partial charge in [0.15, 0.2) is 5.76 Å². The molecular weight excluding hydrogens is 546 g/mol. The van der Waals surface area contributed by atoms with Crippen LogP contribution >= 0.6 is 0 Å². The number of esters is 1. The first-order valence-electron chi connectivity index (χ1n) is 13.9. The molecule has 10 heteroatoms. The molecule has 220 valence electrons. The lowest BCUT2D eigenvalue weighted by atomic mass is 9.84. The summed E-state index contributed by atoms with van der Waals surface area (Å²) in [6.45, 7) is 8.82. The molecule has 9 nitrogen and oxygen atoms in total. The van der Waals surface area contributed by atoms with Crippen molar-refractivity contribution in [2.45, 2.75) is 63.4 Å². The third kappa shape index (κ3) is 5.66. The van der Waals surface area contributed by atoms with Crippen LogP contribution in [0.25, 0.3) is 0 Å². The topological polar surface area (TPSA) is 105 Å². The van der Waals surface area contributed by atoms with Crippen molar-refractivity contribution in [1.29, 1.82) is 0 Å². The number of rotatable bonds is 8. The van der Waals surface area contributed by atoms with E-state index in [1.165, 1.54) is 11.4 Å². The van der Waals surface area contributed by atoms with Gasteiger partial charge >= 0.3 is 5.97 Å². The molecule has 0 bridgehead atoms. The number of sulfonamides is 1. The smallest absolute Gasteiger partial charge is 0.309 e. The van der Waals surface area contributed by atoms with E-state index in [9.17, 15) is 13.2 Å². The number of benzene rings is 2. The van der Waals surface area contributed by atoms with Gasteiger partial charge in [0, 0.05) is 6.54 Å². The summed E-state index contributed by atoms with van der Waals surface area (Å²) in [7, 11) is -2.46. The molecule has 5 rings (SSSR count). The third-order valence-electron chi connectivity index (χ3n) is 7.99. The summed E-state index contributed by atoms with van der Waals surface area (Å²) in [5.41, 5.74) is 2.56. The van der Waals surface area contributed by atoms with Crippen LogP contribution in [0.3, 0.4) is 0 Å². The first-order valence-corrected chi connectivity index (χ1v) is 15.3. The molecule has 41 heavy (non-hydrogen) atoms. The van der Waals surface area contributed by atoms with Crippen molar-refractivity contribution in [3.8, 4) is 5.75 Å². The van der Waals surface area contributed by atoms with E-state index < -0.39 is 27.6 Å². The summed E-state index contributed by atoms with van der Waals surface area (Å²) in [6, 6.07) is 16.2. The van der Waals surface area contributed by atoms with Gasteiger partial charge in [-0.15, -0.1) is 0 Å². The number of fused-ring (bicyclic) bond motifs is 1. The van der Waals surface area contributed by atoms with Crippen molar-refractivity contribution in [2.24, 2.45) is 5.92 Å². The summed E-state index contributed by atoms with van der Waals surface area (Å²) in [5.74, 6) is -1.01. The van der Waals surface area contributed by atoms with E-state index in [4.69, 9.17) is 23.4 Å². The SMILES string of the molecule is CC[C@@H]1CN(Cc2cc(C(c3ccc(C4(C)OCCO4)o3)C(C)C(=O)OC)ccc2C)S(=O)(=O)c2ccccc2O1. The number of para-hydroxylation sites is 1. The van der Waals surface area contributed by atoms with E-state index in [0.717, 1.165) is 16.7 Å². The Labute approximate surface area is 241 Å². The second-order valence-corrected chi connectivity index (χ2v) is 12.6. The zero-order chi connectivity index (χ0) is 29.4. The van der Waals surface area contributed by atoms with Gasteiger partial charge in [-0.1, -0.05) is 44.2 Å². The standard InChI is InChI=1S/C31H37NO8S/c1-6-24-19-32(41(34,35)27-10-8-7-9-25(27)39-24)18-23-17-22(12-11-20(23)2)29(21(3)30(33)36-5)26-13-14-28(40-26)31(4)37-15-16-38-31/h7-14,17,21,24,29H,6,15-16,18-19H2,1-5H3/t21?,24-,29?/m1/s1. The molecule has 1 fully saturated rings. The number of carbonyl (C=O) groups is 1. The van der Waals surface area contributed by atoms with E-state index >= 15 is 0 Å². The molecule has 0 spiro atoms. The number of aryl methyl sites for hydroxylation is 1. The van der Waals surface area contributed by atoms with Gasteiger partial charge in [0.05, 0.1) is 38.7 Å². The maximum absolute atomic E-state index is 13.8. The summed E-state index contributed by atoms with van der Waals surface area (Å²) in [6.07, 6.45) is 0.373. The molecule has 2 aliphatic rings. The van der Waals surface area contributed by atoms with E-state index in [1.807, 2.05) is 38.1 Å². The molecule has 1 aromatic heterocycles. The Morgan fingerprint density at radius 2 is 1.85 bits per heavy atom. The fourth-order valence-corrected chi connectivity index (χ4v) is 7.06. The minimum absolute atomic E-state index is 0.151. The van der Waals surface area contributed by atoms with Crippen molar-refractivity contribution >= 4 is 16.0 Å². The molecular formula is C31H37NO8S. The second-order valence-electron chi connectivity index (χ2n) is 10.7. The highest BCUT2D eigenvalue weighted by Crippen LogP contribution is 2.39. The van der Waals surface area contributed by atoms with Crippen LogP contribution < -0.4 is 4.74 Å². The lowest BCUT2D eigenvalue weighted by Gasteiger charge is -2.25. The number of furan rings is 1. The summed E-state index contributed by atoms with van der Waals surface area (Å²) in [4.78, 5) is 13.0. The normalized spacial score (nSPS) is 21.3. The summed E-state index contributed by atoms with van der Waals surface area (Å²) in [5, 5.41) is 0. The van der Waals surface area contributed by atoms with Gasteiger partial charge in [0.2, 0.25) is 15.8 Å². The van der Waals surface area contributed by atoms with Crippen LogP contribution in [0.1, 0.15) is 61.3 Å². The summed E-state index contributed by atoms with van der Waals surface area (Å²) >= 11 is 0. The molecule has 3 aromatic rings. The van der Waals surface area contributed by atoms with Crippen molar-refractivity contribution in [1.82, 2.24) is 4.31 Å². The quantitative estimate of drug-likeness (QED) is 0.337. The molecule has 0 amide bonds. The fourth-order valence-electron chi connectivity index (χ4n) is 5.49. The molecule has 0 N–H and O–H groups in total. The number of hydrogen-bond acceptors (Lipinski definition) is 8. The zero-order valence-corrected chi connectivity index (χ0v) is 24.9. The Morgan fingerprint density at radius 3 is 2.56 bits per heavy atom. The Kier molecular flexibility index (Phi) is 8.29. The fraction of sp³-hybridized carbons (Fsp3) is 0.452. The van der Waals surface area contributed by atoms with Gasteiger partial charge in [-0.3, -0.25) is 4.79 Å². The van der Waals surface area contributed by atoms with Gasteiger partial charge in [-0.25, -0.2) is 8.42 Å². The third-order valence-corrected chi connectivity index (χ3v) is 9.85. The number of hydrogen-bond donors (Lipinski definition) is 0. The molecule has 2 unspecified atom stereocenters. The molecule has 0 saturated carbocycles. The monoisotopic (exact) mass is 583 g/mol. The van der Waals surface area contributed by atoms with Crippen molar-refractivity contribution in [3.05, 3.63) is 82.8 Å². The maximum atomic E-state index is 13.8. The Morgan fingerprint density at radius 1 is 1.12 bits per heavy atom. The van der Waals surface area contributed by atoms with Crippen LogP contribution in [0.5, 0.6) is 5.75 Å². The molecule has 3 atom stereocenters. The largest absolute Gasteiger partial charge is 0.488 e. The van der Waals surface area contributed by atoms with E-state index in [1.54, 1.807) is 44.2 Å². The van der Waals surface area contributed by atoms with Crippen LogP contribution in [-0.4, -0.2) is 51.7 Å². The molecule has 3 heterocycles. The minimum atomic E-state index is -3.82. The van der Waals surface area contributed by atoms with Crippen LogP contribution in [0.2, 0.25) is 0 Å². The highest BCUT2D eigenvalue weighted by atomic mass is 32.2. The number of carbonyl (C=O) groups excluding carboxylic acids is 1. The number of methoxy groups -OCH3 is 1. The van der Waals surface area contributed by atoms with Gasteiger partial charge in [0.25, 0.3) is 0 Å². The van der Waals surface area contributed by atoms with E-state index in [2.05, 4.69) is 0 Å². The molecule has 2 aromatic carbocycles. The second kappa shape index (κ2) is 11.6. The lowest BCUT2D eigenvalue weighted by Crippen LogP contribution is -2.36. The van der Waals surface area contributed by atoms with Crippen molar-refractivity contribution in [3.63, 3.8) is 0 Å². The Balaban J connectivity index is 1.53. The van der Waals surface area contributed by atoms with Crippen LogP contribution in [0, 0.1) is 12.8 Å². The van der Waals surface area contributed by atoms with E-state index in [-0.39, 0.29) is 30.1 Å². The van der Waals surface area contributed by atoms with Crippen LogP contribution in [0.4, 0.5) is 0 Å². The Bertz CT molecular complexity index is 1510. The van der Waals surface area contributed by atoms with Crippen molar-refractivity contribution in [2.75, 3.05) is 26.9 Å². The average Bonchev–Trinajstić information content (AvgIpc) is 3.62. The molecule has 0 radical (unpaired) electrons. The number of nitrogens with zero attached hydrogens (tertiary/aromatic N) is 1. The van der Waals surface area contributed by atoms with E-state index in [0.29, 0.717) is 36.9 Å².